The lowest BCUT2D eigenvalue weighted by molar-refractivity contribution is 0.102. The first-order valence-electron chi connectivity index (χ1n) is 8.49. The summed E-state index contributed by atoms with van der Waals surface area (Å²) in [4.78, 5) is 12.9. The van der Waals surface area contributed by atoms with Crippen LogP contribution >= 0.6 is 0 Å². The van der Waals surface area contributed by atoms with E-state index in [1.165, 1.54) is 43.4 Å². The minimum atomic E-state index is -3.53. The SMILES string of the molecule is CN(c1ccccc1C(=O)Nc1ccc(S(=O)(=O)C2CNC2)cc1)S(C)(=O)=O. The van der Waals surface area contributed by atoms with Crippen molar-refractivity contribution in [3.8, 4) is 0 Å². The van der Waals surface area contributed by atoms with Crippen LogP contribution in [0.3, 0.4) is 0 Å². The van der Waals surface area contributed by atoms with Gasteiger partial charge in [0.2, 0.25) is 10.0 Å². The number of sulfone groups is 1. The van der Waals surface area contributed by atoms with Crippen molar-refractivity contribution in [2.75, 3.05) is 36.0 Å². The second kappa shape index (κ2) is 7.53. The number of hydrogen-bond donors (Lipinski definition) is 2. The number of amides is 1. The predicted molar refractivity (Wildman–Crippen MR) is 108 cm³/mol. The maximum atomic E-state index is 12.7. The third-order valence-electron chi connectivity index (χ3n) is 4.61. The standard InChI is InChI=1S/C18H21N3O5S2/c1-21(27(2,23)24)17-6-4-3-5-16(17)18(22)20-13-7-9-14(10-8-13)28(25,26)15-11-19-12-15/h3-10,15,19H,11-12H2,1-2H3,(H,20,22). The highest BCUT2D eigenvalue weighted by molar-refractivity contribution is 7.92. The minimum Gasteiger partial charge on any atom is -0.322 e. The molecule has 2 aromatic rings. The number of carbonyl (C=O) groups is 1. The van der Waals surface area contributed by atoms with Gasteiger partial charge in [0.15, 0.2) is 9.84 Å². The Bertz CT molecular complexity index is 1090. The number of nitrogens with one attached hydrogen (secondary N) is 2. The lowest BCUT2D eigenvalue weighted by atomic mass is 10.1. The van der Waals surface area contributed by atoms with Gasteiger partial charge >= 0.3 is 0 Å². The van der Waals surface area contributed by atoms with Gasteiger partial charge in [-0.15, -0.1) is 0 Å². The minimum absolute atomic E-state index is 0.188. The Morgan fingerprint density at radius 1 is 1.04 bits per heavy atom. The monoisotopic (exact) mass is 423 g/mol. The van der Waals surface area contributed by atoms with E-state index in [9.17, 15) is 21.6 Å². The van der Waals surface area contributed by atoms with Crippen LogP contribution in [0.1, 0.15) is 10.4 Å². The molecule has 2 N–H and O–H groups in total. The van der Waals surface area contributed by atoms with E-state index in [-0.39, 0.29) is 16.1 Å². The van der Waals surface area contributed by atoms with E-state index < -0.39 is 31.0 Å². The molecule has 0 spiro atoms. The molecule has 1 fully saturated rings. The third-order valence-corrected chi connectivity index (χ3v) is 7.94. The fraction of sp³-hybridized carbons (Fsp3) is 0.278. The van der Waals surface area contributed by atoms with Gasteiger partial charge < -0.3 is 10.6 Å². The van der Waals surface area contributed by atoms with Gasteiger partial charge in [0.05, 0.1) is 27.7 Å². The highest BCUT2D eigenvalue weighted by atomic mass is 32.2. The first-order chi connectivity index (χ1) is 13.1. The van der Waals surface area contributed by atoms with Crippen molar-refractivity contribution in [2.24, 2.45) is 0 Å². The second-order valence-electron chi connectivity index (χ2n) is 6.55. The fourth-order valence-corrected chi connectivity index (χ4v) is 4.81. The molecular formula is C18H21N3O5S2. The molecule has 1 amide bonds. The van der Waals surface area contributed by atoms with Crippen LogP contribution in [0, 0.1) is 0 Å². The number of nitrogens with zero attached hydrogens (tertiary/aromatic N) is 1. The van der Waals surface area contributed by atoms with Gasteiger partial charge in [-0.3, -0.25) is 9.10 Å². The van der Waals surface area contributed by atoms with E-state index in [1.807, 2.05) is 0 Å². The van der Waals surface area contributed by atoms with Gasteiger partial charge in [0.25, 0.3) is 5.91 Å². The zero-order chi connectivity index (χ0) is 20.5. The summed E-state index contributed by atoms with van der Waals surface area (Å²) in [5, 5.41) is 5.18. The molecule has 1 aliphatic rings. The molecule has 1 heterocycles. The van der Waals surface area contributed by atoms with Crippen molar-refractivity contribution in [3.63, 3.8) is 0 Å². The fourth-order valence-electron chi connectivity index (χ4n) is 2.72. The Balaban J connectivity index is 1.81. The van der Waals surface area contributed by atoms with Crippen molar-refractivity contribution >= 4 is 37.1 Å². The van der Waals surface area contributed by atoms with Gasteiger partial charge in [-0.05, 0) is 36.4 Å². The van der Waals surface area contributed by atoms with Crippen LogP contribution < -0.4 is 14.9 Å². The number of anilines is 2. The molecule has 8 nitrogen and oxygen atoms in total. The summed E-state index contributed by atoms with van der Waals surface area (Å²) in [7, 11) is -5.54. The van der Waals surface area contributed by atoms with E-state index in [1.54, 1.807) is 12.1 Å². The van der Waals surface area contributed by atoms with Crippen molar-refractivity contribution in [1.29, 1.82) is 0 Å². The largest absolute Gasteiger partial charge is 0.322 e. The quantitative estimate of drug-likeness (QED) is 0.719. The van der Waals surface area contributed by atoms with Crippen LogP contribution in [0.15, 0.2) is 53.4 Å². The van der Waals surface area contributed by atoms with Crippen LogP contribution in [0.4, 0.5) is 11.4 Å². The zero-order valence-electron chi connectivity index (χ0n) is 15.4. The molecule has 0 saturated carbocycles. The molecule has 2 aromatic carbocycles. The molecule has 150 valence electrons. The zero-order valence-corrected chi connectivity index (χ0v) is 17.0. The molecule has 28 heavy (non-hydrogen) atoms. The molecular weight excluding hydrogens is 402 g/mol. The van der Waals surface area contributed by atoms with E-state index in [2.05, 4.69) is 10.6 Å². The summed E-state index contributed by atoms with van der Waals surface area (Å²) in [5.74, 6) is -0.495. The number of benzene rings is 2. The number of sulfonamides is 1. The van der Waals surface area contributed by atoms with Crippen molar-refractivity contribution in [1.82, 2.24) is 5.32 Å². The molecule has 0 atom stereocenters. The van der Waals surface area contributed by atoms with E-state index >= 15 is 0 Å². The smallest absolute Gasteiger partial charge is 0.257 e. The van der Waals surface area contributed by atoms with Crippen LogP contribution in [-0.4, -0.2) is 54.4 Å². The lowest BCUT2D eigenvalue weighted by Crippen LogP contribution is -2.51. The maximum absolute atomic E-state index is 12.7. The summed E-state index contributed by atoms with van der Waals surface area (Å²) < 4.78 is 49.4. The van der Waals surface area contributed by atoms with Gasteiger partial charge in [-0.1, -0.05) is 12.1 Å². The number of para-hydroxylation sites is 1. The maximum Gasteiger partial charge on any atom is 0.257 e. The van der Waals surface area contributed by atoms with Crippen LogP contribution in [0.5, 0.6) is 0 Å². The molecule has 0 unspecified atom stereocenters. The van der Waals surface area contributed by atoms with E-state index in [0.717, 1.165) is 10.6 Å². The summed E-state index contributed by atoms with van der Waals surface area (Å²) in [6, 6.07) is 12.3. The van der Waals surface area contributed by atoms with Crippen molar-refractivity contribution in [2.45, 2.75) is 10.1 Å². The Kier molecular flexibility index (Phi) is 5.46. The number of carbonyl (C=O) groups excluding carboxylic acids is 1. The molecule has 0 radical (unpaired) electrons. The van der Waals surface area contributed by atoms with Crippen LogP contribution in [0.25, 0.3) is 0 Å². The number of rotatable bonds is 6. The highest BCUT2D eigenvalue weighted by Gasteiger charge is 2.32. The third kappa shape index (κ3) is 4.03. The Morgan fingerprint density at radius 3 is 2.18 bits per heavy atom. The van der Waals surface area contributed by atoms with E-state index in [4.69, 9.17) is 0 Å². The molecule has 1 aliphatic heterocycles. The Hall–Kier alpha value is -2.43. The molecule has 0 aliphatic carbocycles. The first-order valence-corrected chi connectivity index (χ1v) is 11.9. The topological polar surface area (TPSA) is 113 Å². The summed E-state index contributed by atoms with van der Waals surface area (Å²) in [5.41, 5.74) is 0.847. The van der Waals surface area contributed by atoms with Crippen LogP contribution in [0.2, 0.25) is 0 Å². The summed E-state index contributed by atoms with van der Waals surface area (Å²) >= 11 is 0. The number of hydrogen-bond acceptors (Lipinski definition) is 6. The van der Waals surface area contributed by atoms with Crippen molar-refractivity contribution < 1.29 is 21.6 Å². The van der Waals surface area contributed by atoms with Gasteiger partial charge in [-0.25, -0.2) is 16.8 Å². The normalized spacial score (nSPS) is 14.9. The Morgan fingerprint density at radius 2 is 1.64 bits per heavy atom. The molecule has 3 rings (SSSR count). The van der Waals surface area contributed by atoms with Gasteiger partial charge in [0.1, 0.15) is 0 Å². The molecule has 0 aromatic heterocycles. The van der Waals surface area contributed by atoms with Gasteiger partial charge in [-0.2, -0.15) is 0 Å². The average Bonchev–Trinajstić information content (AvgIpc) is 2.59. The van der Waals surface area contributed by atoms with Gasteiger partial charge in [0, 0.05) is 25.8 Å². The van der Waals surface area contributed by atoms with Crippen LogP contribution in [-0.2, 0) is 19.9 Å². The molecule has 1 saturated heterocycles. The van der Waals surface area contributed by atoms with E-state index in [0.29, 0.717) is 18.8 Å². The lowest BCUT2D eigenvalue weighted by Gasteiger charge is -2.26. The first kappa shape index (κ1) is 20.3. The molecule has 0 bridgehead atoms. The summed E-state index contributed by atoms with van der Waals surface area (Å²) in [6.07, 6.45) is 1.05. The Labute approximate surface area is 164 Å². The highest BCUT2D eigenvalue weighted by Crippen LogP contribution is 2.24. The second-order valence-corrected chi connectivity index (χ2v) is 10.8. The molecule has 10 heteroatoms. The van der Waals surface area contributed by atoms with Crippen molar-refractivity contribution in [3.05, 3.63) is 54.1 Å². The summed E-state index contributed by atoms with van der Waals surface area (Å²) in [6.45, 7) is 0.872. The predicted octanol–water partition coefficient (Wildman–Crippen LogP) is 1.08. The average molecular weight is 424 g/mol.